The van der Waals surface area contributed by atoms with Crippen LogP contribution in [0.1, 0.15) is 11.1 Å². The number of ether oxygens (including phenoxy) is 1. The second kappa shape index (κ2) is 9.74. The average Bonchev–Trinajstić information content (AvgIpc) is 2.76. The van der Waals surface area contributed by atoms with Crippen molar-refractivity contribution in [1.82, 2.24) is 4.90 Å². The molecule has 0 aromatic heterocycles. The Morgan fingerprint density at radius 1 is 0.900 bits per heavy atom. The molecule has 0 heterocycles. The zero-order chi connectivity index (χ0) is 21.5. The van der Waals surface area contributed by atoms with Crippen molar-refractivity contribution in [1.29, 1.82) is 0 Å². The zero-order valence-corrected chi connectivity index (χ0v) is 17.5. The minimum atomic E-state index is -0.269. The SMILES string of the molecule is Cc1cccc(NC(=O)CN(C)C(=O)COc2ccccc2-c2ccccc2)c1C. The van der Waals surface area contributed by atoms with E-state index in [9.17, 15) is 9.59 Å². The second-order valence-electron chi connectivity index (χ2n) is 7.20. The molecule has 0 radical (unpaired) electrons. The fourth-order valence-electron chi connectivity index (χ4n) is 3.08. The first-order valence-corrected chi connectivity index (χ1v) is 9.83. The molecule has 0 aliphatic rings. The van der Waals surface area contributed by atoms with Crippen LogP contribution in [-0.4, -0.2) is 36.9 Å². The molecule has 154 valence electrons. The number of para-hydroxylation sites is 1. The number of nitrogens with zero attached hydrogens (tertiary/aromatic N) is 1. The Balaban J connectivity index is 1.58. The lowest BCUT2D eigenvalue weighted by Gasteiger charge is -2.18. The average molecular weight is 402 g/mol. The summed E-state index contributed by atoms with van der Waals surface area (Å²) in [6, 6.07) is 23.2. The van der Waals surface area contributed by atoms with Crippen LogP contribution in [0.3, 0.4) is 0 Å². The van der Waals surface area contributed by atoms with Gasteiger partial charge in [0.15, 0.2) is 6.61 Å². The third kappa shape index (κ3) is 5.26. The summed E-state index contributed by atoms with van der Waals surface area (Å²) in [6.45, 7) is 3.76. The summed E-state index contributed by atoms with van der Waals surface area (Å²) in [5, 5.41) is 2.87. The number of nitrogens with one attached hydrogen (secondary N) is 1. The van der Waals surface area contributed by atoms with Gasteiger partial charge in [-0.2, -0.15) is 0 Å². The summed E-state index contributed by atoms with van der Waals surface area (Å²) >= 11 is 0. The summed E-state index contributed by atoms with van der Waals surface area (Å²) < 4.78 is 5.79. The van der Waals surface area contributed by atoms with E-state index in [-0.39, 0.29) is 25.0 Å². The van der Waals surface area contributed by atoms with Gasteiger partial charge in [0.1, 0.15) is 5.75 Å². The van der Waals surface area contributed by atoms with Gasteiger partial charge >= 0.3 is 0 Å². The quantitative estimate of drug-likeness (QED) is 0.635. The zero-order valence-electron chi connectivity index (χ0n) is 17.5. The van der Waals surface area contributed by atoms with Gasteiger partial charge in [0.2, 0.25) is 5.91 Å². The Morgan fingerprint density at radius 3 is 2.37 bits per heavy atom. The van der Waals surface area contributed by atoms with Crippen molar-refractivity contribution in [3.63, 3.8) is 0 Å². The molecule has 0 saturated heterocycles. The lowest BCUT2D eigenvalue weighted by atomic mass is 10.1. The molecule has 0 fully saturated rings. The molecule has 0 bridgehead atoms. The van der Waals surface area contributed by atoms with E-state index >= 15 is 0 Å². The maximum atomic E-state index is 12.5. The van der Waals surface area contributed by atoms with Crippen LogP contribution < -0.4 is 10.1 Å². The highest BCUT2D eigenvalue weighted by atomic mass is 16.5. The molecule has 2 amide bonds. The largest absolute Gasteiger partial charge is 0.483 e. The van der Waals surface area contributed by atoms with E-state index in [1.807, 2.05) is 86.6 Å². The summed E-state index contributed by atoms with van der Waals surface area (Å²) in [5.74, 6) is 0.114. The van der Waals surface area contributed by atoms with E-state index in [1.165, 1.54) is 4.90 Å². The van der Waals surface area contributed by atoms with Crippen molar-refractivity contribution in [2.24, 2.45) is 0 Å². The third-order valence-corrected chi connectivity index (χ3v) is 5.01. The van der Waals surface area contributed by atoms with Crippen LogP contribution >= 0.6 is 0 Å². The van der Waals surface area contributed by atoms with Crippen molar-refractivity contribution in [2.75, 3.05) is 25.5 Å². The van der Waals surface area contributed by atoms with Gasteiger partial charge in [-0.1, -0.05) is 60.7 Å². The normalized spacial score (nSPS) is 10.4. The highest BCUT2D eigenvalue weighted by Gasteiger charge is 2.15. The van der Waals surface area contributed by atoms with Crippen molar-refractivity contribution >= 4 is 17.5 Å². The highest BCUT2D eigenvalue weighted by Crippen LogP contribution is 2.29. The van der Waals surface area contributed by atoms with Gasteiger partial charge in [0.25, 0.3) is 5.91 Å². The molecule has 0 spiro atoms. The maximum Gasteiger partial charge on any atom is 0.260 e. The molecule has 5 nitrogen and oxygen atoms in total. The maximum absolute atomic E-state index is 12.5. The Kier molecular flexibility index (Phi) is 6.86. The lowest BCUT2D eigenvalue weighted by Crippen LogP contribution is -2.37. The van der Waals surface area contributed by atoms with Gasteiger partial charge in [0.05, 0.1) is 6.54 Å². The predicted molar refractivity (Wildman–Crippen MR) is 120 cm³/mol. The van der Waals surface area contributed by atoms with E-state index in [0.29, 0.717) is 5.75 Å². The lowest BCUT2D eigenvalue weighted by molar-refractivity contribution is -0.135. The van der Waals surface area contributed by atoms with Crippen molar-refractivity contribution in [2.45, 2.75) is 13.8 Å². The van der Waals surface area contributed by atoms with Crippen LogP contribution in [0.4, 0.5) is 5.69 Å². The first-order valence-electron chi connectivity index (χ1n) is 9.83. The minimum Gasteiger partial charge on any atom is -0.483 e. The fourth-order valence-corrected chi connectivity index (χ4v) is 3.08. The van der Waals surface area contributed by atoms with Crippen LogP contribution in [0, 0.1) is 13.8 Å². The van der Waals surface area contributed by atoms with E-state index in [2.05, 4.69) is 5.32 Å². The van der Waals surface area contributed by atoms with Gasteiger partial charge < -0.3 is 15.0 Å². The fraction of sp³-hybridized carbons (Fsp3) is 0.200. The molecule has 3 aromatic carbocycles. The summed E-state index contributed by atoms with van der Waals surface area (Å²) in [5.41, 5.74) is 4.81. The van der Waals surface area contributed by atoms with Crippen molar-refractivity contribution in [3.8, 4) is 16.9 Å². The van der Waals surface area contributed by atoms with Crippen LogP contribution in [0.25, 0.3) is 11.1 Å². The summed E-state index contributed by atoms with van der Waals surface area (Å²) in [7, 11) is 1.59. The van der Waals surface area contributed by atoms with Crippen LogP contribution in [0.2, 0.25) is 0 Å². The minimum absolute atomic E-state index is 0.0457. The molecule has 0 saturated carbocycles. The molecule has 0 aliphatic heterocycles. The molecule has 5 heteroatoms. The summed E-state index contributed by atoms with van der Waals surface area (Å²) in [6.07, 6.45) is 0. The van der Waals surface area contributed by atoms with Gasteiger partial charge in [0, 0.05) is 18.3 Å². The van der Waals surface area contributed by atoms with Crippen molar-refractivity contribution in [3.05, 3.63) is 83.9 Å². The summed E-state index contributed by atoms with van der Waals surface area (Å²) in [4.78, 5) is 26.2. The monoisotopic (exact) mass is 402 g/mol. The standard InChI is InChI=1S/C25H26N2O3/c1-18-10-9-14-22(19(18)2)26-24(28)16-27(3)25(29)17-30-23-15-8-7-13-21(23)20-11-5-4-6-12-20/h4-15H,16-17H2,1-3H3,(H,26,28). The number of carbonyl (C=O) groups is 2. The van der Waals surface area contributed by atoms with E-state index < -0.39 is 0 Å². The van der Waals surface area contributed by atoms with Crippen LogP contribution in [-0.2, 0) is 9.59 Å². The molecule has 0 unspecified atom stereocenters. The van der Waals surface area contributed by atoms with Crippen molar-refractivity contribution < 1.29 is 14.3 Å². The molecule has 0 aliphatic carbocycles. The van der Waals surface area contributed by atoms with Gasteiger partial charge in [-0.3, -0.25) is 9.59 Å². The van der Waals surface area contributed by atoms with Crippen LogP contribution in [0.15, 0.2) is 72.8 Å². The molecular formula is C25H26N2O3. The number of carbonyl (C=O) groups excluding carboxylic acids is 2. The smallest absolute Gasteiger partial charge is 0.260 e. The number of benzene rings is 3. The molecule has 3 rings (SSSR count). The Hall–Kier alpha value is -3.60. The molecule has 3 aromatic rings. The number of anilines is 1. The molecule has 0 atom stereocenters. The first kappa shape index (κ1) is 21.1. The number of hydrogen-bond donors (Lipinski definition) is 1. The number of rotatable bonds is 7. The second-order valence-corrected chi connectivity index (χ2v) is 7.20. The number of aryl methyl sites for hydroxylation is 1. The highest BCUT2D eigenvalue weighted by molar-refractivity contribution is 5.95. The van der Waals surface area contributed by atoms with E-state index in [4.69, 9.17) is 4.74 Å². The Labute approximate surface area is 177 Å². The van der Waals surface area contributed by atoms with Crippen LogP contribution in [0.5, 0.6) is 5.75 Å². The number of hydrogen-bond acceptors (Lipinski definition) is 3. The van der Waals surface area contributed by atoms with E-state index in [1.54, 1.807) is 7.05 Å². The number of amides is 2. The molecule has 30 heavy (non-hydrogen) atoms. The predicted octanol–water partition coefficient (Wildman–Crippen LogP) is 4.45. The molecular weight excluding hydrogens is 376 g/mol. The topological polar surface area (TPSA) is 58.6 Å². The van der Waals surface area contributed by atoms with Gasteiger partial charge in [-0.15, -0.1) is 0 Å². The first-order chi connectivity index (χ1) is 14.5. The number of likely N-dealkylation sites (N-methyl/N-ethyl adjacent to an activating group) is 1. The Bertz CT molecular complexity index is 1030. The third-order valence-electron chi connectivity index (χ3n) is 5.01. The van der Waals surface area contributed by atoms with E-state index in [0.717, 1.165) is 27.9 Å². The van der Waals surface area contributed by atoms with Gasteiger partial charge in [-0.25, -0.2) is 0 Å². The van der Waals surface area contributed by atoms with Gasteiger partial charge in [-0.05, 0) is 42.7 Å². The Morgan fingerprint density at radius 2 is 1.60 bits per heavy atom. The molecule has 1 N–H and O–H groups in total.